The minimum atomic E-state index is 0.514. The average Bonchev–Trinajstić information content (AvgIpc) is 2.38. The second kappa shape index (κ2) is 5.36. The SMILES string of the molecule is NCc1cc(Cl)ccc1-c1ccc(C2CCC2)cc1. The lowest BCUT2D eigenvalue weighted by Gasteiger charge is -2.25. The Labute approximate surface area is 119 Å². The van der Waals surface area contributed by atoms with Crippen LogP contribution in [0.3, 0.4) is 0 Å². The molecular formula is C17H18ClN. The predicted octanol–water partition coefficient (Wildman–Crippen LogP) is 4.73. The van der Waals surface area contributed by atoms with Gasteiger partial charge in [-0.2, -0.15) is 0 Å². The zero-order valence-corrected chi connectivity index (χ0v) is 11.7. The summed E-state index contributed by atoms with van der Waals surface area (Å²) in [7, 11) is 0. The topological polar surface area (TPSA) is 26.0 Å². The second-order valence-electron chi connectivity index (χ2n) is 5.26. The van der Waals surface area contributed by atoms with E-state index in [4.69, 9.17) is 17.3 Å². The zero-order valence-electron chi connectivity index (χ0n) is 10.9. The lowest BCUT2D eigenvalue weighted by atomic mass is 9.80. The van der Waals surface area contributed by atoms with Crippen molar-refractivity contribution in [1.29, 1.82) is 0 Å². The Hall–Kier alpha value is -1.31. The normalized spacial score (nSPS) is 15.3. The molecule has 0 atom stereocenters. The zero-order chi connectivity index (χ0) is 13.2. The Morgan fingerprint density at radius 2 is 1.79 bits per heavy atom. The molecule has 0 aromatic heterocycles. The number of halogens is 1. The fraction of sp³-hybridized carbons (Fsp3) is 0.294. The smallest absolute Gasteiger partial charge is 0.0409 e. The van der Waals surface area contributed by atoms with Crippen molar-refractivity contribution in [2.45, 2.75) is 31.7 Å². The van der Waals surface area contributed by atoms with Crippen molar-refractivity contribution in [2.75, 3.05) is 0 Å². The molecule has 3 rings (SSSR count). The third kappa shape index (κ3) is 2.54. The van der Waals surface area contributed by atoms with E-state index in [0.717, 1.165) is 16.5 Å². The van der Waals surface area contributed by atoms with Crippen LogP contribution in [-0.4, -0.2) is 0 Å². The molecule has 2 heteroatoms. The van der Waals surface area contributed by atoms with Gasteiger partial charge in [0, 0.05) is 11.6 Å². The van der Waals surface area contributed by atoms with Gasteiger partial charge in [0.05, 0.1) is 0 Å². The highest BCUT2D eigenvalue weighted by Crippen LogP contribution is 2.37. The first kappa shape index (κ1) is 12.7. The highest BCUT2D eigenvalue weighted by atomic mass is 35.5. The Morgan fingerprint density at radius 1 is 1.05 bits per heavy atom. The summed E-state index contributed by atoms with van der Waals surface area (Å²) in [6.45, 7) is 0.514. The largest absolute Gasteiger partial charge is 0.326 e. The van der Waals surface area contributed by atoms with Gasteiger partial charge in [0.1, 0.15) is 0 Å². The first-order valence-electron chi connectivity index (χ1n) is 6.87. The molecule has 0 radical (unpaired) electrons. The molecule has 0 heterocycles. The number of benzene rings is 2. The average molecular weight is 272 g/mol. The van der Waals surface area contributed by atoms with E-state index in [1.54, 1.807) is 0 Å². The molecule has 98 valence electrons. The molecule has 1 aliphatic rings. The van der Waals surface area contributed by atoms with Crippen LogP contribution >= 0.6 is 11.6 Å². The lowest BCUT2D eigenvalue weighted by molar-refractivity contribution is 0.420. The summed E-state index contributed by atoms with van der Waals surface area (Å²) in [5.41, 5.74) is 10.8. The van der Waals surface area contributed by atoms with Crippen molar-refractivity contribution in [1.82, 2.24) is 0 Å². The summed E-state index contributed by atoms with van der Waals surface area (Å²) < 4.78 is 0. The van der Waals surface area contributed by atoms with Gasteiger partial charge in [-0.3, -0.25) is 0 Å². The fourth-order valence-electron chi connectivity index (χ4n) is 2.69. The van der Waals surface area contributed by atoms with Crippen molar-refractivity contribution >= 4 is 11.6 Å². The van der Waals surface area contributed by atoms with Gasteiger partial charge in [0.2, 0.25) is 0 Å². The van der Waals surface area contributed by atoms with Gasteiger partial charge in [0.25, 0.3) is 0 Å². The van der Waals surface area contributed by atoms with Crippen LogP contribution in [0.25, 0.3) is 11.1 Å². The first-order chi connectivity index (χ1) is 9.28. The third-order valence-electron chi connectivity index (χ3n) is 4.09. The maximum atomic E-state index is 6.02. The quantitative estimate of drug-likeness (QED) is 0.858. The Morgan fingerprint density at radius 3 is 2.37 bits per heavy atom. The summed E-state index contributed by atoms with van der Waals surface area (Å²) in [4.78, 5) is 0. The van der Waals surface area contributed by atoms with Crippen LogP contribution in [0, 0.1) is 0 Å². The number of hydrogen-bond donors (Lipinski definition) is 1. The Kier molecular flexibility index (Phi) is 3.58. The monoisotopic (exact) mass is 271 g/mol. The van der Waals surface area contributed by atoms with Crippen molar-refractivity contribution in [2.24, 2.45) is 5.73 Å². The predicted molar refractivity (Wildman–Crippen MR) is 81.4 cm³/mol. The van der Waals surface area contributed by atoms with Crippen molar-refractivity contribution in [3.8, 4) is 11.1 Å². The lowest BCUT2D eigenvalue weighted by Crippen LogP contribution is -2.08. The van der Waals surface area contributed by atoms with Gasteiger partial charge in [-0.05, 0) is 53.1 Å². The highest BCUT2D eigenvalue weighted by Gasteiger charge is 2.19. The number of nitrogens with two attached hydrogens (primary N) is 1. The highest BCUT2D eigenvalue weighted by molar-refractivity contribution is 6.30. The molecule has 19 heavy (non-hydrogen) atoms. The van der Waals surface area contributed by atoms with E-state index in [-0.39, 0.29) is 0 Å². The molecule has 0 unspecified atom stereocenters. The number of hydrogen-bond acceptors (Lipinski definition) is 1. The Balaban J connectivity index is 1.93. The summed E-state index contributed by atoms with van der Waals surface area (Å²) in [6, 6.07) is 14.9. The minimum Gasteiger partial charge on any atom is -0.326 e. The van der Waals surface area contributed by atoms with Gasteiger partial charge in [-0.15, -0.1) is 0 Å². The van der Waals surface area contributed by atoms with E-state index in [0.29, 0.717) is 6.54 Å². The van der Waals surface area contributed by atoms with Crippen LogP contribution in [0.1, 0.15) is 36.3 Å². The minimum absolute atomic E-state index is 0.514. The molecule has 2 aromatic carbocycles. The Bertz CT molecular complexity index is 570. The van der Waals surface area contributed by atoms with E-state index in [9.17, 15) is 0 Å². The van der Waals surface area contributed by atoms with E-state index in [1.165, 1.54) is 36.0 Å². The van der Waals surface area contributed by atoms with Crippen LogP contribution in [0.2, 0.25) is 5.02 Å². The molecule has 0 spiro atoms. The van der Waals surface area contributed by atoms with Crippen molar-refractivity contribution in [3.63, 3.8) is 0 Å². The van der Waals surface area contributed by atoms with Crippen molar-refractivity contribution < 1.29 is 0 Å². The third-order valence-corrected chi connectivity index (χ3v) is 4.32. The standard InChI is InChI=1S/C17H18ClN/c18-16-8-9-17(15(10-16)11-19)14-6-4-13(5-7-14)12-2-1-3-12/h4-10,12H,1-3,11,19H2. The first-order valence-corrected chi connectivity index (χ1v) is 7.24. The van der Waals surface area contributed by atoms with Crippen LogP contribution in [0.4, 0.5) is 0 Å². The molecular weight excluding hydrogens is 254 g/mol. The molecule has 1 nitrogen and oxygen atoms in total. The molecule has 2 aromatic rings. The van der Waals surface area contributed by atoms with E-state index in [2.05, 4.69) is 30.3 Å². The van der Waals surface area contributed by atoms with Gasteiger partial charge in [0.15, 0.2) is 0 Å². The van der Waals surface area contributed by atoms with Crippen LogP contribution in [-0.2, 0) is 6.54 Å². The molecule has 2 N–H and O–H groups in total. The molecule has 1 fully saturated rings. The van der Waals surface area contributed by atoms with E-state index in [1.807, 2.05) is 12.1 Å². The van der Waals surface area contributed by atoms with Gasteiger partial charge in [-0.1, -0.05) is 48.4 Å². The molecule has 1 aliphatic carbocycles. The molecule has 0 aliphatic heterocycles. The summed E-state index contributed by atoms with van der Waals surface area (Å²) in [5, 5.41) is 0.746. The van der Waals surface area contributed by atoms with E-state index >= 15 is 0 Å². The summed E-state index contributed by atoms with van der Waals surface area (Å²) in [6.07, 6.45) is 4.06. The molecule has 0 bridgehead atoms. The van der Waals surface area contributed by atoms with E-state index < -0.39 is 0 Å². The molecule has 0 saturated heterocycles. The summed E-state index contributed by atoms with van der Waals surface area (Å²) >= 11 is 6.02. The van der Waals surface area contributed by atoms with Crippen molar-refractivity contribution in [3.05, 3.63) is 58.6 Å². The molecule has 1 saturated carbocycles. The van der Waals surface area contributed by atoms with Gasteiger partial charge >= 0.3 is 0 Å². The fourth-order valence-corrected chi connectivity index (χ4v) is 2.88. The molecule has 0 amide bonds. The van der Waals surface area contributed by atoms with Gasteiger partial charge < -0.3 is 5.73 Å². The second-order valence-corrected chi connectivity index (χ2v) is 5.69. The van der Waals surface area contributed by atoms with Gasteiger partial charge in [-0.25, -0.2) is 0 Å². The maximum absolute atomic E-state index is 6.02. The maximum Gasteiger partial charge on any atom is 0.0409 e. The van der Waals surface area contributed by atoms with Crippen LogP contribution < -0.4 is 5.73 Å². The van der Waals surface area contributed by atoms with Crippen LogP contribution in [0.5, 0.6) is 0 Å². The number of rotatable bonds is 3. The van der Waals surface area contributed by atoms with Crippen LogP contribution in [0.15, 0.2) is 42.5 Å². The summed E-state index contributed by atoms with van der Waals surface area (Å²) in [5.74, 6) is 0.785.